The maximum Gasteiger partial charge on any atom is 0.349 e. The SMILES string of the molecule is COC(=O)c1cnc(-c2ncccn2)s1. The first-order valence-electron chi connectivity index (χ1n) is 4.13. The van der Waals surface area contributed by atoms with Crippen LogP contribution in [-0.2, 0) is 4.74 Å². The zero-order chi connectivity index (χ0) is 10.7. The summed E-state index contributed by atoms with van der Waals surface area (Å²) in [5, 5.41) is 0.607. The molecule has 0 unspecified atom stereocenters. The molecule has 0 fully saturated rings. The van der Waals surface area contributed by atoms with Crippen molar-refractivity contribution in [3.63, 3.8) is 0 Å². The van der Waals surface area contributed by atoms with Crippen molar-refractivity contribution in [2.24, 2.45) is 0 Å². The van der Waals surface area contributed by atoms with E-state index in [4.69, 9.17) is 0 Å². The van der Waals surface area contributed by atoms with Crippen LogP contribution >= 0.6 is 11.3 Å². The van der Waals surface area contributed by atoms with Crippen LogP contribution in [-0.4, -0.2) is 28.0 Å². The zero-order valence-electron chi connectivity index (χ0n) is 7.88. The topological polar surface area (TPSA) is 65.0 Å². The Balaban J connectivity index is 2.32. The monoisotopic (exact) mass is 221 g/mol. The Bertz CT molecular complexity index is 469. The molecule has 0 spiro atoms. The predicted octanol–water partition coefficient (Wildman–Crippen LogP) is 1.39. The third kappa shape index (κ3) is 1.99. The molecule has 0 aliphatic rings. The molecular weight excluding hydrogens is 214 g/mol. The van der Waals surface area contributed by atoms with E-state index in [0.717, 1.165) is 0 Å². The van der Waals surface area contributed by atoms with Crippen LogP contribution in [0.15, 0.2) is 24.7 Å². The molecule has 0 atom stereocenters. The zero-order valence-corrected chi connectivity index (χ0v) is 8.69. The number of ether oxygens (including phenoxy) is 1. The summed E-state index contributed by atoms with van der Waals surface area (Å²) in [6, 6.07) is 1.72. The second-order valence-corrected chi connectivity index (χ2v) is 3.62. The summed E-state index contributed by atoms with van der Waals surface area (Å²) in [6.45, 7) is 0. The summed E-state index contributed by atoms with van der Waals surface area (Å²) >= 11 is 1.21. The Labute approximate surface area is 89.8 Å². The molecule has 0 aliphatic heterocycles. The lowest BCUT2D eigenvalue weighted by atomic mass is 10.5. The maximum atomic E-state index is 11.2. The van der Waals surface area contributed by atoms with E-state index < -0.39 is 5.97 Å². The molecule has 0 radical (unpaired) electrons. The summed E-state index contributed by atoms with van der Waals surface area (Å²) < 4.78 is 4.58. The molecule has 6 heteroatoms. The highest BCUT2D eigenvalue weighted by molar-refractivity contribution is 7.16. The van der Waals surface area contributed by atoms with Crippen LogP contribution < -0.4 is 0 Å². The van der Waals surface area contributed by atoms with E-state index in [1.165, 1.54) is 24.6 Å². The van der Waals surface area contributed by atoms with Crippen molar-refractivity contribution < 1.29 is 9.53 Å². The van der Waals surface area contributed by atoms with Gasteiger partial charge < -0.3 is 4.74 Å². The third-order valence-corrected chi connectivity index (χ3v) is 2.62. The second kappa shape index (κ2) is 4.14. The Morgan fingerprint density at radius 2 is 2.07 bits per heavy atom. The van der Waals surface area contributed by atoms with Crippen LogP contribution in [0.2, 0.25) is 0 Å². The van der Waals surface area contributed by atoms with Gasteiger partial charge in [0.2, 0.25) is 0 Å². The molecule has 2 heterocycles. The minimum Gasteiger partial charge on any atom is -0.465 e. The average Bonchev–Trinajstić information content (AvgIpc) is 2.78. The molecule has 2 rings (SSSR count). The van der Waals surface area contributed by atoms with Crippen molar-refractivity contribution in [1.29, 1.82) is 0 Å². The molecule has 0 aromatic carbocycles. The van der Waals surface area contributed by atoms with Crippen LogP contribution in [0.25, 0.3) is 10.8 Å². The van der Waals surface area contributed by atoms with E-state index >= 15 is 0 Å². The fourth-order valence-electron chi connectivity index (χ4n) is 0.982. The molecule has 0 aliphatic carbocycles. The summed E-state index contributed by atoms with van der Waals surface area (Å²) in [5.74, 6) is 0.118. The average molecular weight is 221 g/mol. The number of carbonyl (C=O) groups is 1. The highest BCUT2D eigenvalue weighted by Gasteiger charge is 2.12. The van der Waals surface area contributed by atoms with Gasteiger partial charge in [0.15, 0.2) is 10.8 Å². The van der Waals surface area contributed by atoms with Crippen molar-refractivity contribution in [2.75, 3.05) is 7.11 Å². The normalized spacial score (nSPS) is 9.93. The number of rotatable bonds is 2. The standard InChI is InChI=1S/C9H7N3O2S/c1-14-9(13)6-5-12-8(15-6)7-10-3-2-4-11-7/h2-5H,1H3. The van der Waals surface area contributed by atoms with Gasteiger partial charge in [-0.1, -0.05) is 0 Å². The van der Waals surface area contributed by atoms with Gasteiger partial charge in [0, 0.05) is 12.4 Å². The molecule has 2 aromatic heterocycles. The number of hydrogen-bond acceptors (Lipinski definition) is 6. The number of aromatic nitrogens is 3. The molecule has 15 heavy (non-hydrogen) atoms. The Hall–Kier alpha value is -1.82. The smallest absolute Gasteiger partial charge is 0.349 e. The van der Waals surface area contributed by atoms with E-state index in [0.29, 0.717) is 15.7 Å². The van der Waals surface area contributed by atoms with Gasteiger partial charge in [-0.25, -0.2) is 19.7 Å². The van der Waals surface area contributed by atoms with Gasteiger partial charge in [0.1, 0.15) is 4.88 Å². The Morgan fingerprint density at radius 3 is 2.73 bits per heavy atom. The first kappa shape index (κ1) is 9.72. The maximum absolute atomic E-state index is 11.2. The highest BCUT2D eigenvalue weighted by atomic mass is 32.1. The van der Waals surface area contributed by atoms with Crippen LogP contribution in [0.4, 0.5) is 0 Å². The molecular formula is C9H7N3O2S. The van der Waals surface area contributed by atoms with Crippen LogP contribution in [0, 0.1) is 0 Å². The second-order valence-electron chi connectivity index (χ2n) is 2.59. The largest absolute Gasteiger partial charge is 0.465 e. The van der Waals surface area contributed by atoms with Crippen LogP contribution in [0.5, 0.6) is 0 Å². The Morgan fingerprint density at radius 1 is 1.33 bits per heavy atom. The fraction of sp³-hybridized carbons (Fsp3) is 0.111. The van der Waals surface area contributed by atoms with Crippen molar-refractivity contribution in [2.45, 2.75) is 0 Å². The minimum atomic E-state index is -0.394. The van der Waals surface area contributed by atoms with Gasteiger partial charge in [-0.2, -0.15) is 0 Å². The first-order chi connectivity index (χ1) is 7.31. The Kier molecular flexibility index (Phi) is 2.68. The minimum absolute atomic E-state index is 0.394. The number of carbonyl (C=O) groups excluding carboxylic acids is 1. The van der Waals surface area contributed by atoms with E-state index in [2.05, 4.69) is 19.7 Å². The summed E-state index contributed by atoms with van der Waals surface area (Å²) in [7, 11) is 1.33. The predicted molar refractivity (Wildman–Crippen MR) is 54.5 cm³/mol. The molecule has 2 aromatic rings. The van der Waals surface area contributed by atoms with Gasteiger partial charge in [-0.05, 0) is 6.07 Å². The molecule has 76 valence electrons. The van der Waals surface area contributed by atoms with Crippen LogP contribution in [0.1, 0.15) is 9.67 Å². The van der Waals surface area contributed by atoms with E-state index in [9.17, 15) is 4.79 Å². The lowest BCUT2D eigenvalue weighted by Gasteiger charge is -1.92. The van der Waals surface area contributed by atoms with Crippen LogP contribution in [0.3, 0.4) is 0 Å². The van der Waals surface area contributed by atoms with E-state index in [1.807, 2.05) is 0 Å². The number of methoxy groups -OCH3 is 1. The van der Waals surface area contributed by atoms with Crippen molar-refractivity contribution in [1.82, 2.24) is 15.0 Å². The van der Waals surface area contributed by atoms with Crippen molar-refractivity contribution in [3.05, 3.63) is 29.5 Å². The number of nitrogens with zero attached hydrogens (tertiary/aromatic N) is 3. The molecule has 0 amide bonds. The molecule has 0 bridgehead atoms. The highest BCUT2D eigenvalue weighted by Crippen LogP contribution is 2.21. The number of hydrogen-bond donors (Lipinski definition) is 0. The van der Waals surface area contributed by atoms with Crippen molar-refractivity contribution in [3.8, 4) is 10.8 Å². The van der Waals surface area contributed by atoms with E-state index in [1.54, 1.807) is 18.5 Å². The summed E-state index contributed by atoms with van der Waals surface area (Å²) in [4.78, 5) is 23.7. The van der Waals surface area contributed by atoms with Crippen molar-refractivity contribution >= 4 is 17.3 Å². The molecule has 0 saturated heterocycles. The number of thiazole rings is 1. The number of esters is 1. The quantitative estimate of drug-likeness (QED) is 0.717. The first-order valence-corrected chi connectivity index (χ1v) is 4.94. The molecule has 0 saturated carbocycles. The van der Waals surface area contributed by atoms with Gasteiger partial charge in [-0.3, -0.25) is 0 Å². The van der Waals surface area contributed by atoms with Gasteiger partial charge in [0.25, 0.3) is 0 Å². The molecule has 0 N–H and O–H groups in total. The molecule has 5 nitrogen and oxygen atoms in total. The van der Waals surface area contributed by atoms with Gasteiger partial charge in [0.05, 0.1) is 13.3 Å². The van der Waals surface area contributed by atoms with E-state index in [-0.39, 0.29) is 0 Å². The lowest BCUT2D eigenvalue weighted by Crippen LogP contribution is -1.96. The third-order valence-electron chi connectivity index (χ3n) is 1.65. The summed E-state index contributed by atoms with van der Waals surface area (Å²) in [5.41, 5.74) is 0. The summed E-state index contributed by atoms with van der Waals surface area (Å²) in [6.07, 6.45) is 4.71. The fourth-order valence-corrected chi connectivity index (χ4v) is 1.76. The lowest BCUT2D eigenvalue weighted by molar-refractivity contribution is 0.0606. The van der Waals surface area contributed by atoms with Gasteiger partial charge in [-0.15, -0.1) is 11.3 Å². The van der Waals surface area contributed by atoms with Gasteiger partial charge >= 0.3 is 5.97 Å².